The number of rotatable bonds is 17. The van der Waals surface area contributed by atoms with Crippen LogP contribution in [-0.4, -0.2) is 60.2 Å². The summed E-state index contributed by atoms with van der Waals surface area (Å²) in [4.78, 5) is 46.6. The van der Waals surface area contributed by atoms with Crippen molar-refractivity contribution >= 4 is 41.0 Å². The van der Waals surface area contributed by atoms with Gasteiger partial charge in [-0.1, -0.05) is 84.9 Å². The van der Waals surface area contributed by atoms with Crippen molar-refractivity contribution in [2.45, 2.75) is 66.5 Å². The van der Waals surface area contributed by atoms with Crippen LogP contribution in [0.2, 0.25) is 0 Å². The average molecular weight is 895 g/mol. The molecule has 16 heteroatoms. The van der Waals surface area contributed by atoms with Crippen LogP contribution in [0.4, 0.5) is 14.4 Å². The van der Waals surface area contributed by atoms with E-state index in [0.717, 1.165) is 54.5 Å². The van der Waals surface area contributed by atoms with E-state index in [2.05, 4.69) is 25.9 Å². The number of aromatic nitrogens is 2. The maximum atomic E-state index is 12.1. The summed E-state index contributed by atoms with van der Waals surface area (Å²) in [5.74, 6) is 1.32. The van der Waals surface area contributed by atoms with Gasteiger partial charge in [-0.3, -0.25) is 0 Å². The van der Waals surface area contributed by atoms with E-state index in [1.54, 1.807) is 28.2 Å². The third kappa shape index (κ3) is 16.1. The van der Waals surface area contributed by atoms with Crippen molar-refractivity contribution in [2.75, 3.05) is 26.3 Å². The lowest BCUT2D eigenvalue weighted by atomic mass is 10.1. The van der Waals surface area contributed by atoms with Gasteiger partial charge in [0.05, 0.1) is 45.3 Å². The summed E-state index contributed by atoms with van der Waals surface area (Å²) in [6, 6.07) is 30.8. The first-order chi connectivity index (χ1) is 30.4. The molecular weight excluding hydrogens is 841 g/mol. The first-order valence-electron chi connectivity index (χ1n) is 20.3. The highest BCUT2D eigenvalue weighted by Gasteiger charge is 2.17. The molecule has 0 spiro atoms. The minimum atomic E-state index is -0.586. The van der Waals surface area contributed by atoms with Crippen LogP contribution in [0.25, 0.3) is 20.9 Å². The fraction of sp³-hybridized carbons (Fsp3) is 0.298. The van der Waals surface area contributed by atoms with E-state index in [1.165, 1.54) is 0 Å². The molecule has 2 aromatic heterocycles. The number of nitrogens with zero attached hydrogens (tertiary/aromatic N) is 2. The Balaban J connectivity index is 0.000000243. The zero-order valence-electron chi connectivity index (χ0n) is 36.1. The number of nitrogens with one attached hydrogen (secondary N) is 3. The van der Waals surface area contributed by atoms with Gasteiger partial charge >= 0.3 is 18.3 Å². The number of hydrogen-bond donors (Lipinski definition) is 4. The average Bonchev–Trinajstić information content (AvgIpc) is 3.92. The number of carbonyl (C=O) groups is 3. The van der Waals surface area contributed by atoms with Crippen molar-refractivity contribution in [3.63, 3.8) is 0 Å². The normalized spacial score (nSPS) is 10.8. The molecule has 0 aliphatic carbocycles. The molecule has 2 heterocycles. The van der Waals surface area contributed by atoms with E-state index >= 15 is 0 Å². The van der Waals surface area contributed by atoms with Crippen LogP contribution in [0.1, 0.15) is 54.4 Å². The number of alkyl carbamates (subject to hydrolysis) is 3. The van der Waals surface area contributed by atoms with E-state index in [0.29, 0.717) is 31.2 Å². The number of thiazole rings is 2. The van der Waals surface area contributed by atoms with Crippen molar-refractivity contribution in [3.8, 4) is 32.4 Å². The number of hydrogen-bond acceptors (Lipinski definition) is 13. The molecule has 0 atom stereocenters. The van der Waals surface area contributed by atoms with E-state index in [4.69, 9.17) is 29.4 Å². The summed E-state index contributed by atoms with van der Waals surface area (Å²) in [7, 11) is 0. The van der Waals surface area contributed by atoms with Crippen LogP contribution in [0.15, 0.2) is 108 Å². The molecule has 0 fully saturated rings. The van der Waals surface area contributed by atoms with Gasteiger partial charge in [0.15, 0.2) is 0 Å². The molecule has 14 nitrogen and oxygen atoms in total. The lowest BCUT2D eigenvalue weighted by molar-refractivity contribution is 0.0523. The number of aryl methyl sites for hydroxylation is 2. The third-order valence-electron chi connectivity index (χ3n) is 8.88. The third-order valence-corrected chi connectivity index (χ3v) is 10.8. The van der Waals surface area contributed by atoms with E-state index < -0.39 is 23.9 Å². The van der Waals surface area contributed by atoms with Crippen molar-refractivity contribution in [3.05, 3.63) is 142 Å². The van der Waals surface area contributed by atoms with Crippen LogP contribution >= 0.6 is 22.7 Å². The lowest BCUT2D eigenvalue weighted by Gasteiger charge is -2.20. The molecule has 0 bridgehead atoms. The van der Waals surface area contributed by atoms with Gasteiger partial charge in [0.1, 0.15) is 43.5 Å². The highest BCUT2D eigenvalue weighted by molar-refractivity contribution is 7.13. The molecule has 0 radical (unpaired) electrons. The van der Waals surface area contributed by atoms with Gasteiger partial charge in [-0.05, 0) is 69.0 Å². The SMILES string of the molecule is Cc1ncsc1-c1ccc(CN)c(OCCNC(=O)OCc2ccccc2)c1.Cc1ncsc1-c1ccc(CNC(=O)OC(C)(C)C)c(OCCNC(=O)OCc2ccccc2)c1. The highest BCUT2D eigenvalue weighted by Crippen LogP contribution is 2.33. The van der Waals surface area contributed by atoms with E-state index in [1.807, 2.05) is 137 Å². The Hall–Kier alpha value is -6.49. The molecule has 0 aliphatic heterocycles. The fourth-order valence-electron chi connectivity index (χ4n) is 5.79. The second-order valence-corrected chi connectivity index (χ2v) is 16.6. The van der Waals surface area contributed by atoms with Gasteiger partial charge in [0.25, 0.3) is 0 Å². The monoisotopic (exact) mass is 894 g/mol. The highest BCUT2D eigenvalue weighted by atomic mass is 32.1. The Bertz CT molecular complexity index is 2370. The van der Waals surface area contributed by atoms with Crippen molar-refractivity contribution in [1.82, 2.24) is 25.9 Å². The summed E-state index contributed by atoms with van der Waals surface area (Å²) < 4.78 is 27.5. The molecule has 5 N–H and O–H groups in total. The fourth-order valence-corrected chi connectivity index (χ4v) is 7.40. The minimum Gasteiger partial charge on any atom is -0.491 e. The van der Waals surface area contributed by atoms with Crippen molar-refractivity contribution < 1.29 is 38.1 Å². The molecule has 332 valence electrons. The quantitative estimate of drug-likeness (QED) is 0.0505. The standard InChI is InChI=1S/C26H31N3O5S.C21H23N3O3S/c1-18-23(35-17-29-18)20-10-11-21(15-28-25(31)34-26(2,3)4)22(14-20)32-13-12-27-24(30)33-16-19-8-6-5-7-9-19;1-15-20(28-14-24-15)17-7-8-18(12-22)19(11-17)26-10-9-23-21(25)27-13-16-5-3-2-4-6-16/h5-11,14,17H,12-13,15-16H2,1-4H3,(H,27,30)(H,28,31);2-8,11,14H,9-10,12-13,22H2,1H3,(H,23,25). The van der Waals surface area contributed by atoms with Gasteiger partial charge in [-0.25, -0.2) is 24.4 Å². The Morgan fingerprint density at radius 1 is 0.619 bits per heavy atom. The zero-order valence-corrected chi connectivity index (χ0v) is 37.7. The molecule has 3 amide bonds. The Morgan fingerprint density at radius 2 is 1.08 bits per heavy atom. The number of benzene rings is 4. The minimum absolute atomic E-state index is 0.199. The van der Waals surface area contributed by atoms with Crippen LogP contribution in [0.5, 0.6) is 11.5 Å². The predicted octanol–water partition coefficient (Wildman–Crippen LogP) is 9.33. The van der Waals surface area contributed by atoms with Crippen molar-refractivity contribution in [2.24, 2.45) is 5.73 Å². The van der Waals surface area contributed by atoms with Gasteiger partial charge in [0.2, 0.25) is 0 Å². The number of nitrogens with two attached hydrogens (primary N) is 1. The Morgan fingerprint density at radius 3 is 1.51 bits per heavy atom. The van der Waals surface area contributed by atoms with Crippen LogP contribution < -0.4 is 31.2 Å². The predicted molar refractivity (Wildman–Crippen MR) is 246 cm³/mol. The Labute approximate surface area is 376 Å². The molecule has 63 heavy (non-hydrogen) atoms. The topological polar surface area (TPSA) is 185 Å². The number of ether oxygens (including phenoxy) is 5. The van der Waals surface area contributed by atoms with E-state index in [9.17, 15) is 14.4 Å². The van der Waals surface area contributed by atoms with Crippen molar-refractivity contribution in [1.29, 1.82) is 0 Å². The van der Waals surface area contributed by atoms with Gasteiger partial charge in [0, 0.05) is 24.2 Å². The molecule has 0 saturated heterocycles. The smallest absolute Gasteiger partial charge is 0.407 e. The summed E-state index contributed by atoms with van der Waals surface area (Å²) in [6.45, 7) is 11.6. The summed E-state index contributed by atoms with van der Waals surface area (Å²) >= 11 is 3.14. The van der Waals surface area contributed by atoms with Gasteiger partial charge in [-0.2, -0.15) is 0 Å². The second-order valence-electron chi connectivity index (χ2n) is 14.9. The molecule has 6 rings (SSSR count). The zero-order chi connectivity index (χ0) is 45.0. The van der Waals surface area contributed by atoms with Crippen LogP contribution in [-0.2, 0) is 40.5 Å². The lowest BCUT2D eigenvalue weighted by Crippen LogP contribution is -2.32. The Kier molecular flexibility index (Phi) is 18.3. The van der Waals surface area contributed by atoms with Crippen LogP contribution in [0, 0.1) is 13.8 Å². The second kappa shape index (κ2) is 24.2. The largest absolute Gasteiger partial charge is 0.491 e. The van der Waals surface area contributed by atoms with Gasteiger partial charge in [-0.15, -0.1) is 22.7 Å². The van der Waals surface area contributed by atoms with Gasteiger partial charge < -0.3 is 45.4 Å². The summed E-state index contributed by atoms with van der Waals surface area (Å²) in [6.07, 6.45) is -1.49. The van der Waals surface area contributed by atoms with E-state index in [-0.39, 0.29) is 32.9 Å². The molecule has 0 unspecified atom stereocenters. The molecule has 0 saturated carbocycles. The van der Waals surface area contributed by atoms with Crippen LogP contribution in [0.3, 0.4) is 0 Å². The first kappa shape index (κ1) is 47.6. The first-order valence-corrected chi connectivity index (χ1v) is 22.0. The molecular formula is C47H54N6O8S2. The number of carbonyl (C=O) groups excluding carboxylic acids is 3. The number of amides is 3. The molecule has 4 aromatic carbocycles. The maximum Gasteiger partial charge on any atom is 0.407 e. The molecule has 6 aromatic rings. The summed E-state index contributed by atoms with van der Waals surface area (Å²) in [5, 5.41) is 8.13. The summed E-state index contributed by atoms with van der Waals surface area (Å²) in [5.41, 5.74) is 16.3. The maximum absolute atomic E-state index is 12.1. The molecule has 0 aliphatic rings.